The molecule has 1 N–H and O–H groups in total. The number of rotatable bonds is 4. The van der Waals surface area contributed by atoms with Gasteiger partial charge in [0, 0.05) is 18.0 Å². The molecular formula is C14H19NO2S. The number of carbonyl (C=O) groups is 1. The Kier molecular flexibility index (Phi) is 4.93. The Morgan fingerprint density at radius 2 is 2.11 bits per heavy atom. The van der Waals surface area contributed by atoms with Crippen molar-refractivity contribution in [2.45, 2.75) is 19.4 Å². The molecule has 0 radical (unpaired) electrons. The second kappa shape index (κ2) is 6.69. The van der Waals surface area contributed by atoms with E-state index in [0.717, 1.165) is 35.7 Å². The van der Waals surface area contributed by atoms with Gasteiger partial charge in [0.2, 0.25) is 5.91 Å². The predicted octanol–water partition coefficient (Wildman–Crippen LogP) is 2.45. The van der Waals surface area contributed by atoms with Crippen molar-refractivity contribution in [3.63, 3.8) is 0 Å². The molecule has 1 amide bonds. The fourth-order valence-corrected chi connectivity index (χ4v) is 3.24. The number of carbonyl (C=O) groups excluding carboxylic acids is 1. The van der Waals surface area contributed by atoms with E-state index in [-0.39, 0.29) is 11.8 Å². The smallest absolute Gasteiger partial charge is 0.223 e. The first-order valence-corrected chi connectivity index (χ1v) is 7.44. The third-order valence-corrected chi connectivity index (χ3v) is 4.29. The second-order valence-corrected chi connectivity index (χ2v) is 5.64. The van der Waals surface area contributed by atoms with Crippen LogP contribution in [-0.4, -0.2) is 24.5 Å². The first-order valence-electron chi connectivity index (χ1n) is 6.28. The SMILES string of the molecule is COc1ccccc1CNC(=O)C1CCSCC1. The van der Waals surface area contributed by atoms with Crippen molar-refractivity contribution in [2.75, 3.05) is 18.6 Å². The molecule has 0 aromatic heterocycles. The summed E-state index contributed by atoms with van der Waals surface area (Å²) in [6.07, 6.45) is 2.00. The highest BCUT2D eigenvalue weighted by Crippen LogP contribution is 2.23. The van der Waals surface area contributed by atoms with Crippen LogP contribution in [0.4, 0.5) is 0 Å². The molecule has 0 spiro atoms. The lowest BCUT2D eigenvalue weighted by Gasteiger charge is -2.20. The van der Waals surface area contributed by atoms with Gasteiger partial charge in [-0.3, -0.25) is 4.79 Å². The third-order valence-electron chi connectivity index (χ3n) is 3.24. The molecule has 1 heterocycles. The molecule has 2 rings (SSSR count). The highest BCUT2D eigenvalue weighted by Gasteiger charge is 2.21. The summed E-state index contributed by atoms with van der Waals surface area (Å²) in [5, 5.41) is 3.02. The number of thioether (sulfide) groups is 1. The van der Waals surface area contributed by atoms with Crippen molar-refractivity contribution >= 4 is 17.7 Å². The zero-order chi connectivity index (χ0) is 12.8. The molecule has 0 unspecified atom stereocenters. The predicted molar refractivity (Wildman–Crippen MR) is 74.9 cm³/mol. The van der Waals surface area contributed by atoms with Crippen LogP contribution in [0.25, 0.3) is 0 Å². The van der Waals surface area contributed by atoms with E-state index in [0.29, 0.717) is 6.54 Å². The highest BCUT2D eigenvalue weighted by atomic mass is 32.2. The van der Waals surface area contributed by atoms with Crippen molar-refractivity contribution in [2.24, 2.45) is 5.92 Å². The average Bonchev–Trinajstić information content (AvgIpc) is 2.46. The molecule has 0 saturated carbocycles. The zero-order valence-electron chi connectivity index (χ0n) is 10.6. The minimum absolute atomic E-state index is 0.182. The third kappa shape index (κ3) is 3.42. The van der Waals surface area contributed by atoms with Gasteiger partial charge in [0.05, 0.1) is 7.11 Å². The van der Waals surface area contributed by atoms with Gasteiger partial charge in [-0.15, -0.1) is 0 Å². The standard InChI is InChI=1S/C14H19NO2S/c1-17-13-5-3-2-4-12(13)10-15-14(16)11-6-8-18-9-7-11/h2-5,11H,6-10H2,1H3,(H,15,16). The molecule has 1 aliphatic rings. The van der Waals surface area contributed by atoms with Crippen molar-refractivity contribution in [3.05, 3.63) is 29.8 Å². The van der Waals surface area contributed by atoms with Crippen molar-refractivity contribution in [1.29, 1.82) is 0 Å². The lowest BCUT2D eigenvalue weighted by Crippen LogP contribution is -2.32. The molecule has 1 aromatic carbocycles. The molecule has 0 bridgehead atoms. The van der Waals surface area contributed by atoms with Gasteiger partial charge in [-0.1, -0.05) is 18.2 Å². The van der Waals surface area contributed by atoms with Gasteiger partial charge in [0.15, 0.2) is 0 Å². The Morgan fingerprint density at radius 3 is 2.83 bits per heavy atom. The Hall–Kier alpha value is -1.16. The summed E-state index contributed by atoms with van der Waals surface area (Å²) >= 11 is 1.94. The van der Waals surface area contributed by atoms with E-state index in [9.17, 15) is 4.79 Å². The minimum atomic E-state index is 0.182. The summed E-state index contributed by atoms with van der Waals surface area (Å²) in [7, 11) is 1.65. The highest BCUT2D eigenvalue weighted by molar-refractivity contribution is 7.99. The van der Waals surface area contributed by atoms with E-state index < -0.39 is 0 Å². The van der Waals surface area contributed by atoms with Crippen LogP contribution < -0.4 is 10.1 Å². The zero-order valence-corrected chi connectivity index (χ0v) is 11.5. The maximum Gasteiger partial charge on any atom is 0.223 e. The lowest BCUT2D eigenvalue weighted by molar-refractivity contribution is -0.125. The molecule has 0 atom stereocenters. The van der Waals surface area contributed by atoms with Gasteiger partial charge in [0.1, 0.15) is 5.75 Å². The summed E-state index contributed by atoms with van der Waals surface area (Å²) in [5.74, 6) is 3.42. The summed E-state index contributed by atoms with van der Waals surface area (Å²) in [5.41, 5.74) is 1.03. The topological polar surface area (TPSA) is 38.3 Å². The monoisotopic (exact) mass is 265 g/mol. The van der Waals surface area contributed by atoms with Crippen LogP contribution in [0.15, 0.2) is 24.3 Å². The quantitative estimate of drug-likeness (QED) is 0.909. The van der Waals surface area contributed by atoms with Crippen molar-refractivity contribution < 1.29 is 9.53 Å². The van der Waals surface area contributed by atoms with Crippen molar-refractivity contribution in [1.82, 2.24) is 5.32 Å². The number of amides is 1. The van der Waals surface area contributed by atoms with Crippen molar-refractivity contribution in [3.8, 4) is 5.75 Å². The van der Waals surface area contributed by atoms with E-state index in [1.54, 1.807) is 7.11 Å². The Balaban J connectivity index is 1.88. The first-order chi connectivity index (χ1) is 8.81. The van der Waals surface area contributed by atoms with Gasteiger partial charge >= 0.3 is 0 Å². The summed E-state index contributed by atoms with van der Waals surface area (Å²) < 4.78 is 5.27. The molecule has 18 heavy (non-hydrogen) atoms. The van der Waals surface area contributed by atoms with E-state index in [1.165, 1.54) is 0 Å². The maximum absolute atomic E-state index is 12.0. The van der Waals surface area contributed by atoms with Crippen LogP contribution >= 0.6 is 11.8 Å². The van der Waals surface area contributed by atoms with Crippen LogP contribution in [0.2, 0.25) is 0 Å². The van der Waals surface area contributed by atoms with E-state index in [2.05, 4.69) is 5.32 Å². The van der Waals surface area contributed by atoms with Crippen LogP contribution in [0, 0.1) is 5.92 Å². The van der Waals surface area contributed by atoms with E-state index in [1.807, 2.05) is 36.0 Å². The van der Waals surface area contributed by atoms with Gasteiger partial charge in [-0.25, -0.2) is 0 Å². The molecule has 0 aliphatic carbocycles. The number of hydrogen-bond donors (Lipinski definition) is 1. The number of benzene rings is 1. The molecule has 1 saturated heterocycles. The fraction of sp³-hybridized carbons (Fsp3) is 0.500. The largest absolute Gasteiger partial charge is 0.496 e. The van der Waals surface area contributed by atoms with Crippen LogP contribution in [0.5, 0.6) is 5.75 Å². The molecule has 98 valence electrons. The number of methoxy groups -OCH3 is 1. The van der Waals surface area contributed by atoms with Crippen LogP contribution in [-0.2, 0) is 11.3 Å². The molecule has 1 aliphatic heterocycles. The number of hydrogen-bond acceptors (Lipinski definition) is 3. The molecule has 3 nitrogen and oxygen atoms in total. The molecule has 1 aromatic rings. The number of ether oxygens (including phenoxy) is 1. The molecule has 1 fully saturated rings. The Bertz CT molecular complexity index is 403. The fourth-order valence-electron chi connectivity index (χ4n) is 2.14. The summed E-state index contributed by atoms with van der Waals surface area (Å²) in [6, 6.07) is 7.79. The molecular weight excluding hydrogens is 246 g/mol. The number of para-hydroxylation sites is 1. The van der Waals surface area contributed by atoms with Gasteiger partial charge in [0.25, 0.3) is 0 Å². The first kappa shape index (κ1) is 13.3. The Labute approximate surface area is 112 Å². The minimum Gasteiger partial charge on any atom is -0.496 e. The van der Waals surface area contributed by atoms with Gasteiger partial charge in [-0.2, -0.15) is 11.8 Å². The van der Waals surface area contributed by atoms with Gasteiger partial charge < -0.3 is 10.1 Å². The maximum atomic E-state index is 12.0. The average molecular weight is 265 g/mol. The van der Waals surface area contributed by atoms with Gasteiger partial charge in [-0.05, 0) is 30.4 Å². The second-order valence-electron chi connectivity index (χ2n) is 4.42. The number of nitrogens with one attached hydrogen (secondary N) is 1. The van der Waals surface area contributed by atoms with Crippen LogP contribution in [0.3, 0.4) is 0 Å². The van der Waals surface area contributed by atoms with E-state index in [4.69, 9.17) is 4.74 Å². The summed E-state index contributed by atoms with van der Waals surface area (Å²) in [6.45, 7) is 0.548. The van der Waals surface area contributed by atoms with E-state index >= 15 is 0 Å². The Morgan fingerprint density at radius 1 is 1.39 bits per heavy atom. The van der Waals surface area contributed by atoms with Crippen LogP contribution in [0.1, 0.15) is 18.4 Å². The normalized spacial score (nSPS) is 16.3. The lowest BCUT2D eigenvalue weighted by atomic mass is 10.0. The molecule has 4 heteroatoms. The summed E-state index contributed by atoms with van der Waals surface area (Å²) in [4.78, 5) is 12.0.